The van der Waals surface area contributed by atoms with Gasteiger partial charge in [-0.05, 0) is 50.3 Å². The van der Waals surface area contributed by atoms with Crippen LogP contribution < -0.4 is 5.32 Å². The number of hydrogen-bond acceptors (Lipinski definition) is 2. The first-order chi connectivity index (χ1) is 8.84. The number of benzene rings is 1. The molecule has 1 fully saturated rings. The van der Waals surface area contributed by atoms with E-state index in [0.717, 1.165) is 51.1 Å². The van der Waals surface area contributed by atoms with Gasteiger partial charge < -0.3 is 5.32 Å². The summed E-state index contributed by atoms with van der Waals surface area (Å²) in [7, 11) is 0. The van der Waals surface area contributed by atoms with Crippen molar-refractivity contribution >= 4 is 5.78 Å². The molecule has 0 aromatic heterocycles. The number of rotatable bonds is 7. The zero-order chi connectivity index (χ0) is 12.6. The minimum atomic E-state index is 0.442. The van der Waals surface area contributed by atoms with Crippen LogP contribution in [0.15, 0.2) is 30.3 Å². The standard InChI is InChI=1S/C16H23NO/c18-16(10-9-15-11-12-17-13-15)8-4-7-14-5-2-1-3-6-14/h1-3,5-6,15,17H,4,7-13H2. The van der Waals surface area contributed by atoms with E-state index in [0.29, 0.717) is 5.78 Å². The van der Waals surface area contributed by atoms with Gasteiger partial charge >= 0.3 is 0 Å². The molecule has 1 unspecified atom stereocenters. The van der Waals surface area contributed by atoms with Gasteiger partial charge in [0.2, 0.25) is 0 Å². The zero-order valence-corrected chi connectivity index (χ0v) is 11.0. The predicted octanol–water partition coefficient (Wildman–Crippen LogP) is 2.97. The summed E-state index contributed by atoms with van der Waals surface area (Å²) in [6.45, 7) is 2.24. The van der Waals surface area contributed by atoms with Crippen molar-refractivity contribution in [1.82, 2.24) is 5.32 Å². The highest BCUT2D eigenvalue weighted by Gasteiger charge is 2.15. The van der Waals surface area contributed by atoms with Crippen LogP contribution in [0.4, 0.5) is 0 Å². The minimum absolute atomic E-state index is 0.442. The third-order valence-electron chi connectivity index (χ3n) is 3.76. The van der Waals surface area contributed by atoms with Gasteiger partial charge in [-0.1, -0.05) is 30.3 Å². The summed E-state index contributed by atoms with van der Waals surface area (Å²) in [5.74, 6) is 1.18. The van der Waals surface area contributed by atoms with Crippen molar-refractivity contribution in [2.24, 2.45) is 5.92 Å². The second-order valence-electron chi connectivity index (χ2n) is 5.28. The van der Waals surface area contributed by atoms with Crippen LogP contribution in [0.2, 0.25) is 0 Å². The van der Waals surface area contributed by atoms with Crippen LogP contribution >= 0.6 is 0 Å². The summed E-state index contributed by atoms with van der Waals surface area (Å²) in [6, 6.07) is 10.4. The van der Waals surface area contributed by atoms with E-state index in [2.05, 4.69) is 29.6 Å². The van der Waals surface area contributed by atoms with E-state index in [1.165, 1.54) is 12.0 Å². The zero-order valence-electron chi connectivity index (χ0n) is 11.0. The van der Waals surface area contributed by atoms with Gasteiger partial charge in [-0.2, -0.15) is 0 Å². The molecular formula is C16H23NO. The molecule has 0 radical (unpaired) electrons. The van der Waals surface area contributed by atoms with Gasteiger partial charge in [0.25, 0.3) is 0 Å². The molecule has 1 aliphatic heterocycles. The lowest BCUT2D eigenvalue weighted by atomic mass is 9.98. The molecule has 2 heteroatoms. The van der Waals surface area contributed by atoms with Gasteiger partial charge in [0.05, 0.1) is 0 Å². The quantitative estimate of drug-likeness (QED) is 0.800. The number of carbonyl (C=O) groups excluding carboxylic acids is 1. The van der Waals surface area contributed by atoms with Crippen molar-refractivity contribution in [2.75, 3.05) is 13.1 Å². The van der Waals surface area contributed by atoms with Gasteiger partial charge in [-0.15, -0.1) is 0 Å². The molecular weight excluding hydrogens is 222 g/mol. The highest BCUT2D eigenvalue weighted by Crippen LogP contribution is 2.15. The number of Topliss-reactive ketones (excluding diaryl/α,β-unsaturated/α-hetero) is 1. The highest BCUT2D eigenvalue weighted by atomic mass is 16.1. The first kappa shape index (κ1) is 13.3. The van der Waals surface area contributed by atoms with Gasteiger partial charge in [-0.25, -0.2) is 0 Å². The normalized spacial score (nSPS) is 19.0. The van der Waals surface area contributed by atoms with Crippen molar-refractivity contribution in [3.8, 4) is 0 Å². The molecule has 1 aromatic carbocycles. The Morgan fingerprint density at radius 3 is 2.78 bits per heavy atom. The summed E-state index contributed by atoms with van der Waals surface area (Å²) < 4.78 is 0. The van der Waals surface area contributed by atoms with E-state index in [-0.39, 0.29) is 0 Å². The maximum absolute atomic E-state index is 11.8. The maximum Gasteiger partial charge on any atom is 0.132 e. The van der Waals surface area contributed by atoms with Crippen LogP contribution in [-0.2, 0) is 11.2 Å². The highest BCUT2D eigenvalue weighted by molar-refractivity contribution is 5.78. The summed E-state index contributed by atoms with van der Waals surface area (Å²) >= 11 is 0. The molecule has 1 N–H and O–H groups in total. The molecule has 2 rings (SSSR count). The lowest BCUT2D eigenvalue weighted by Crippen LogP contribution is -2.10. The first-order valence-corrected chi connectivity index (χ1v) is 7.11. The van der Waals surface area contributed by atoms with Crippen molar-refractivity contribution in [2.45, 2.75) is 38.5 Å². The van der Waals surface area contributed by atoms with Crippen LogP contribution in [0.5, 0.6) is 0 Å². The second-order valence-corrected chi connectivity index (χ2v) is 5.28. The molecule has 18 heavy (non-hydrogen) atoms. The summed E-state index contributed by atoms with van der Waals surface area (Å²) in [4.78, 5) is 11.8. The van der Waals surface area contributed by atoms with E-state index in [1.807, 2.05) is 6.07 Å². The van der Waals surface area contributed by atoms with Gasteiger partial charge in [0.15, 0.2) is 0 Å². The molecule has 0 amide bonds. The van der Waals surface area contributed by atoms with Crippen molar-refractivity contribution in [3.63, 3.8) is 0 Å². The van der Waals surface area contributed by atoms with Crippen LogP contribution in [0.25, 0.3) is 0 Å². The van der Waals surface area contributed by atoms with Crippen molar-refractivity contribution in [3.05, 3.63) is 35.9 Å². The van der Waals surface area contributed by atoms with Crippen LogP contribution in [-0.4, -0.2) is 18.9 Å². The third kappa shape index (κ3) is 4.61. The average molecular weight is 245 g/mol. The predicted molar refractivity (Wildman–Crippen MR) is 74.6 cm³/mol. The largest absolute Gasteiger partial charge is 0.316 e. The first-order valence-electron chi connectivity index (χ1n) is 7.11. The lowest BCUT2D eigenvalue weighted by molar-refractivity contribution is -0.119. The number of ketones is 1. The van der Waals surface area contributed by atoms with Gasteiger partial charge in [-0.3, -0.25) is 4.79 Å². The SMILES string of the molecule is O=C(CCCc1ccccc1)CCC1CCNC1. The fourth-order valence-electron chi connectivity index (χ4n) is 2.59. The number of hydrogen-bond donors (Lipinski definition) is 1. The van der Waals surface area contributed by atoms with E-state index in [9.17, 15) is 4.79 Å². The molecule has 2 nitrogen and oxygen atoms in total. The molecule has 0 spiro atoms. The van der Waals surface area contributed by atoms with E-state index in [4.69, 9.17) is 0 Å². The molecule has 0 aliphatic carbocycles. The molecule has 1 atom stereocenters. The Balaban J connectivity index is 1.57. The average Bonchev–Trinajstić information content (AvgIpc) is 2.91. The van der Waals surface area contributed by atoms with Crippen LogP contribution in [0, 0.1) is 5.92 Å². The fraction of sp³-hybridized carbons (Fsp3) is 0.562. The van der Waals surface area contributed by atoms with Crippen molar-refractivity contribution in [1.29, 1.82) is 0 Å². The number of nitrogens with one attached hydrogen (secondary N) is 1. The third-order valence-corrected chi connectivity index (χ3v) is 3.76. The monoisotopic (exact) mass is 245 g/mol. The molecule has 1 heterocycles. The smallest absolute Gasteiger partial charge is 0.132 e. The topological polar surface area (TPSA) is 29.1 Å². The number of aryl methyl sites for hydroxylation is 1. The fourth-order valence-corrected chi connectivity index (χ4v) is 2.59. The Morgan fingerprint density at radius 1 is 1.22 bits per heavy atom. The molecule has 98 valence electrons. The van der Waals surface area contributed by atoms with Crippen molar-refractivity contribution < 1.29 is 4.79 Å². The van der Waals surface area contributed by atoms with Gasteiger partial charge in [0.1, 0.15) is 5.78 Å². The van der Waals surface area contributed by atoms with E-state index in [1.54, 1.807) is 0 Å². The van der Waals surface area contributed by atoms with E-state index < -0.39 is 0 Å². The Kier molecular flexibility index (Phi) is 5.40. The Bertz CT molecular complexity index is 355. The number of carbonyl (C=O) groups is 1. The summed E-state index contributed by atoms with van der Waals surface area (Å²) in [6.07, 6.45) is 5.87. The van der Waals surface area contributed by atoms with Crippen LogP contribution in [0.1, 0.15) is 37.7 Å². The Morgan fingerprint density at radius 2 is 2.06 bits per heavy atom. The molecule has 1 aliphatic rings. The van der Waals surface area contributed by atoms with Gasteiger partial charge in [0, 0.05) is 12.8 Å². The lowest BCUT2D eigenvalue weighted by Gasteiger charge is -2.07. The maximum atomic E-state index is 11.8. The Labute approximate surface area is 110 Å². The molecule has 1 saturated heterocycles. The van der Waals surface area contributed by atoms with Crippen LogP contribution in [0.3, 0.4) is 0 Å². The Hall–Kier alpha value is -1.15. The summed E-state index contributed by atoms with van der Waals surface area (Å²) in [5.41, 5.74) is 1.34. The summed E-state index contributed by atoms with van der Waals surface area (Å²) in [5, 5.41) is 3.35. The van der Waals surface area contributed by atoms with E-state index >= 15 is 0 Å². The second kappa shape index (κ2) is 7.32. The molecule has 0 bridgehead atoms. The molecule has 1 aromatic rings. The minimum Gasteiger partial charge on any atom is -0.316 e. The molecule has 0 saturated carbocycles.